The van der Waals surface area contributed by atoms with E-state index in [0.717, 1.165) is 40.8 Å². The highest BCUT2D eigenvalue weighted by Crippen LogP contribution is 2.34. The Kier molecular flexibility index (Phi) is 6.79. The van der Waals surface area contributed by atoms with Crippen LogP contribution in [0.5, 0.6) is 0 Å². The van der Waals surface area contributed by atoms with Crippen LogP contribution in [0.2, 0.25) is 0 Å². The molecule has 2 aromatic carbocycles. The molecule has 2 N–H and O–H groups in total. The van der Waals surface area contributed by atoms with Gasteiger partial charge in [-0.1, -0.05) is 30.3 Å². The number of benzene rings is 2. The summed E-state index contributed by atoms with van der Waals surface area (Å²) in [6.07, 6.45) is 3.25. The minimum Gasteiger partial charge on any atom is -0.318 e. The Morgan fingerprint density at radius 2 is 1.68 bits per heavy atom. The van der Waals surface area contributed by atoms with Gasteiger partial charge in [-0.15, -0.1) is 0 Å². The summed E-state index contributed by atoms with van der Waals surface area (Å²) in [7, 11) is -3.77. The predicted molar refractivity (Wildman–Crippen MR) is 134 cm³/mol. The van der Waals surface area contributed by atoms with Crippen LogP contribution in [0.1, 0.15) is 28.9 Å². The molecule has 9 heteroatoms. The third-order valence-electron chi connectivity index (χ3n) is 5.74. The summed E-state index contributed by atoms with van der Waals surface area (Å²) < 4.78 is 25.0. The number of aromatic nitrogens is 1. The second-order valence-corrected chi connectivity index (χ2v) is 10.7. The maximum absolute atomic E-state index is 12.9. The topological polar surface area (TPSA) is 102 Å². The lowest BCUT2D eigenvalue weighted by atomic mass is 10.1. The van der Waals surface area contributed by atoms with Crippen molar-refractivity contribution in [1.29, 1.82) is 0 Å². The molecule has 176 valence electrons. The number of carbonyl (C=O) groups is 2. The Bertz CT molecular complexity index is 1380. The minimum absolute atomic E-state index is 0.0416. The lowest BCUT2D eigenvalue weighted by Gasteiger charge is -2.12. The molecule has 34 heavy (non-hydrogen) atoms. The van der Waals surface area contributed by atoms with Crippen LogP contribution in [0.3, 0.4) is 0 Å². The van der Waals surface area contributed by atoms with Gasteiger partial charge in [0, 0.05) is 23.6 Å². The van der Waals surface area contributed by atoms with Crippen molar-refractivity contribution < 1.29 is 18.0 Å². The highest BCUT2D eigenvalue weighted by Gasteiger charge is 2.34. The van der Waals surface area contributed by atoms with Gasteiger partial charge in [-0.3, -0.25) is 14.5 Å². The number of imide groups is 1. The van der Waals surface area contributed by atoms with E-state index in [1.165, 1.54) is 22.6 Å². The van der Waals surface area contributed by atoms with Crippen LogP contribution in [-0.2, 0) is 21.2 Å². The molecule has 7 nitrogen and oxygen atoms in total. The molecule has 2 heterocycles. The first-order chi connectivity index (χ1) is 16.1. The summed E-state index contributed by atoms with van der Waals surface area (Å²) in [5.41, 5.74) is 4.55. The maximum Gasteiger partial charge on any atom is 0.293 e. The molecule has 1 saturated heterocycles. The van der Waals surface area contributed by atoms with Gasteiger partial charge in [0.15, 0.2) is 0 Å². The molecule has 0 unspecified atom stereocenters. The van der Waals surface area contributed by atoms with E-state index < -0.39 is 10.0 Å². The molecule has 1 fully saturated rings. The summed E-state index contributed by atoms with van der Waals surface area (Å²) in [4.78, 5) is 27.1. The predicted octanol–water partition coefficient (Wildman–Crippen LogP) is 4.41. The van der Waals surface area contributed by atoms with Gasteiger partial charge in [0.1, 0.15) is 0 Å². The Hall–Kier alpha value is -3.14. The molecule has 3 aromatic rings. The van der Waals surface area contributed by atoms with Crippen LogP contribution >= 0.6 is 11.8 Å². The van der Waals surface area contributed by atoms with Gasteiger partial charge in [0.25, 0.3) is 11.1 Å². The quantitative estimate of drug-likeness (QED) is 0.489. The Morgan fingerprint density at radius 3 is 2.32 bits per heavy atom. The van der Waals surface area contributed by atoms with Crippen molar-refractivity contribution in [2.24, 2.45) is 5.14 Å². The van der Waals surface area contributed by atoms with Gasteiger partial charge >= 0.3 is 0 Å². The van der Waals surface area contributed by atoms with Crippen molar-refractivity contribution in [3.05, 3.63) is 88.1 Å². The number of hydrogen-bond acceptors (Lipinski definition) is 5. The van der Waals surface area contributed by atoms with Gasteiger partial charge in [-0.05, 0) is 86.0 Å². The number of aryl methyl sites for hydroxylation is 2. The number of sulfonamides is 1. The smallest absolute Gasteiger partial charge is 0.293 e. The van der Waals surface area contributed by atoms with E-state index in [0.29, 0.717) is 17.9 Å². The van der Waals surface area contributed by atoms with Crippen molar-refractivity contribution in [1.82, 2.24) is 9.47 Å². The van der Waals surface area contributed by atoms with Crippen molar-refractivity contribution >= 4 is 39.0 Å². The molecule has 1 aromatic heterocycles. The standard InChI is InChI=1S/C25H25N3O4S2/c1-17-15-20(18(2)28(17)21-10-12-22(13-11-21)34(26,31)32)16-23-24(29)27(25(30)33-23)14-6-9-19-7-4-3-5-8-19/h3-5,7-8,10-13,15-16H,6,9,14H2,1-2H3,(H2,26,31,32)/b23-16+. The average molecular weight is 496 g/mol. The first-order valence-corrected chi connectivity index (χ1v) is 13.1. The molecule has 0 saturated carbocycles. The summed E-state index contributed by atoms with van der Waals surface area (Å²) in [6.45, 7) is 4.22. The molecule has 4 rings (SSSR count). The maximum atomic E-state index is 12.9. The first-order valence-electron chi connectivity index (χ1n) is 10.8. The molecule has 1 aliphatic rings. The Morgan fingerprint density at radius 1 is 1.00 bits per heavy atom. The molecule has 0 radical (unpaired) electrons. The van der Waals surface area contributed by atoms with Gasteiger partial charge in [-0.25, -0.2) is 13.6 Å². The van der Waals surface area contributed by atoms with E-state index >= 15 is 0 Å². The van der Waals surface area contributed by atoms with Gasteiger partial charge in [0.05, 0.1) is 9.80 Å². The zero-order chi connectivity index (χ0) is 24.5. The van der Waals surface area contributed by atoms with Crippen LogP contribution < -0.4 is 5.14 Å². The number of hydrogen-bond donors (Lipinski definition) is 1. The lowest BCUT2D eigenvalue weighted by molar-refractivity contribution is -0.122. The number of amides is 2. The molecular formula is C25H25N3O4S2. The van der Waals surface area contributed by atoms with Crippen molar-refractivity contribution in [3.8, 4) is 5.69 Å². The van der Waals surface area contributed by atoms with Crippen molar-refractivity contribution in [2.75, 3.05) is 6.54 Å². The number of rotatable bonds is 7. The fraction of sp³-hybridized carbons (Fsp3) is 0.200. The van der Waals surface area contributed by atoms with E-state index in [2.05, 4.69) is 0 Å². The number of nitrogens with two attached hydrogens (primary N) is 1. The van der Waals surface area contributed by atoms with Crippen LogP contribution in [0.15, 0.2) is 70.5 Å². The monoisotopic (exact) mass is 495 g/mol. The van der Waals surface area contributed by atoms with Crippen molar-refractivity contribution in [2.45, 2.75) is 31.6 Å². The largest absolute Gasteiger partial charge is 0.318 e. The summed E-state index contributed by atoms with van der Waals surface area (Å²) in [5.74, 6) is -0.273. The Balaban J connectivity index is 1.52. The molecule has 0 atom stereocenters. The zero-order valence-electron chi connectivity index (χ0n) is 18.9. The summed E-state index contributed by atoms with van der Waals surface area (Å²) >= 11 is 0.956. The highest BCUT2D eigenvalue weighted by molar-refractivity contribution is 8.18. The third kappa shape index (κ3) is 5.01. The number of primary sulfonamides is 1. The molecule has 0 spiro atoms. The van der Waals surface area contributed by atoms with Crippen LogP contribution in [0.4, 0.5) is 4.79 Å². The second-order valence-electron chi connectivity index (χ2n) is 8.12. The van der Waals surface area contributed by atoms with E-state index in [-0.39, 0.29) is 16.0 Å². The van der Waals surface area contributed by atoms with E-state index in [4.69, 9.17) is 5.14 Å². The normalized spacial score (nSPS) is 15.5. The molecule has 0 aliphatic carbocycles. The van der Waals surface area contributed by atoms with Gasteiger partial charge in [-0.2, -0.15) is 0 Å². The lowest BCUT2D eigenvalue weighted by Crippen LogP contribution is -2.29. The van der Waals surface area contributed by atoms with E-state index in [9.17, 15) is 18.0 Å². The molecule has 0 bridgehead atoms. The highest BCUT2D eigenvalue weighted by atomic mass is 32.2. The summed E-state index contributed by atoms with van der Waals surface area (Å²) in [5, 5.41) is 4.94. The van der Waals surface area contributed by atoms with Crippen LogP contribution in [-0.4, -0.2) is 35.6 Å². The second kappa shape index (κ2) is 9.61. The van der Waals surface area contributed by atoms with E-state index in [1.807, 2.05) is 54.8 Å². The minimum atomic E-state index is -3.77. The zero-order valence-corrected chi connectivity index (χ0v) is 20.5. The van der Waals surface area contributed by atoms with Crippen LogP contribution in [0, 0.1) is 13.8 Å². The first kappa shape index (κ1) is 24.0. The average Bonchev–Trinajstić information content (AvgIpc) is 3.23. The third-order valence-corrected chi connectivity index (χ3v) is 7.58. The summed E-state index contributed by atoms with van der Waals surface area (Å²) in [6, 6.07) is 18.2. The van der Waals surface area contributed by atoms with Crippen molar-refractivity contribution in [3.63, 3.8) is 0 Å². The number of nitrogens with zero attached hydrogens (tertiary/aromatic N) is 2. The van der Waals surface area contributed by atoms with Gasteiger partial charge in [0.2, 0.25) is 10.0 Å². The fourth-order valence-electron chi connectivity index (χ4n) is 4.04. The SMILES string of the molecule is Cc1cc(/C=C2/SC(=O)N(CCCc3ccccc3)C2=O)c(C)n1-c1ccc(S(N)(=O)=O)cc1. The number of thioether (sulfide) groups is 1. The number of carbonyl (C=O) groups excluding carboxylic acids is 2. The molecule has 1 aliphatic heterocycles. The van der Waals surface area contributed by atoms with E-state index in [1.54, 1.807) is 18.2 Å². The van der Waals surface area contributed by atoms with Crippen LogP contribution in [0.25, 0.3) is 11.8 Å². The molecule has 2 amide bonds. The molecular weight excluding hydrogens is 470 g/mol. The fourth-order valence-corrected chi connectivity index (χ4v) is 5.41. The van der Waals surface area contributed by atoms with Gasteiger partial charge < -0.3 is 4.57 Å². The Labute approximate surface area is 203 Å².